The number of ether oxygens (including phenoxy) is 1. The maximum atomic E-state index is 11.6. The van der Waals surface area contributed by atoms with Crippen molar-refractivity contribution in [3.8, 4) is 5.75 Å². The molecule has 1 amide bonds. The molecule has 1 saturated heterocycles. The summed E-state index contributed by atoms with van der Waals surface area (Å²) in [4.78, 5) is 11.6. The summed E-state index contributed by atoms with van der Waals surface area (Å²) in [7, 11) is -3.01. The van der Waals surface area contributed by atoms with Crippen LogP contribution in [0.4, 0.5) is 5.69 Å². The molecule has 7 heteroatoms. The molecule has 1 atom stereocenters. The first-order valence-electron chi connectivity index (χ1n) is 6.94. The van der Waals surface area contributed by atoms with Gasteiger partial charge in [-0.1, -0.05) is 0 Å². The molecule has 1 unspecified atom stereocenters. The molecule has 1 aliphatic heterocycles. The van der Waals surface area contributed by atoms with E-state index in [0.717, 1.165) is 0 Å². The smallest absolute Gasteiger partial charge is 0.223 e. The van der Waals surface area contributed by atoms with E-state index in [1.807, 2.05) is 0 Å². The number of hydrogen-bond acceptors (Lipinski definition) is 5. The van der Waals surface area contributed by atoms with Crippen molar-refractivity contribution in [3.63, 3.8) is 0 Å². The predicted octanol–water partition coefficient (Wildman–Crippen LogP) is 0.731. The second-order valence-corrected chi connectivity index (χ2v) is 7.50. The van der Waals surface area contributed by atoms with Gasteiger partial charge < -0.3 is 15.8 Å². The van der Waals surface area contributed by atoms with Crippen LogP contribution in [0.25, 0.3) is 0 Å². The minimum absolute atomic E-state index is 0.192. The number of rotatable bonds is 6. The molecule has 0 bridgehead atoms. The Hall–Kier alpha value is -1.76. The second-order valence-electron chi connectivity index (χ2n) is 5.10. The Balaban J connectivity index is 1.67. The molecule has 0 saturated carbocycles. The molecule has 1 heterocycles. The Labute approximate surface area is 124 Å². The Morgan fingerprint density at radius 1 is 1.33 bits per heavy atom. The molecule has 6 nitrogen and oxygen atoms in total. The minimum atomic E-state index is -3.01. The first-order valence-corrected chi connectivity index (χ1v) is 8.65. The van der Waals surface area contributed by atoms with Gasteiger partial charge in [0.2, 0.25) is 5.91 Å². The van der Waals surface area contributed by atoms with Crippen LogP contribution in [-0.2, 0) is 14.6 Å². The average molecular weight is 312 g/mol. The number of hydrogen-bond donors (Lipinski definition) is 2. The van der Waals surface area contributed by atoms with Gasteiger partial charge in [-0.3, -0.25) is 4.79 Å². The van der Waals surface area contributed by atoms with Gasteiger partial charge in [-0.15, -0.1) is 0 Å². The van der Waals surface area contributed by atoms with Crippen LogP contribution in [0.15, 0.2) is 24.3 Å². The summed E-state index contributed by atoms with van der Waals surface area (Å²) in [5, 5.41) is 2.23. The van der Waals surface area contributed by atoms with Gasteiger partial charge in [-0.25, -0.2) is 8.42 Å². The standard InChI is InChI=1S/C14H20N2O4S/c15-11-3-5-12(6-4-11)20-8-7-14(17)16-10-13-2-1-9-21(13,18)19/h3-6,13H,1-2,7-10,15H2,(H,16,17). The molecular formula is C14H20N2O4S. The fourth-order valence-corrected chi connectivity index (χ4v) is 3.99. The van der Waals surface area contributed by atoms with Crippen molar-refractivity contribution in [3.05, 3.63) is 24.3 Å². The molecule has 0 spiro atoms. The number of amides is 1. The fraction of sp³-hybridized carbons (Fsp3) is 0.500. The van der Waals surface area contributed by atoms with E-state index in [9.17, 15) is 13.2 Å². The summed E-state index contributed by atoms with van der Waals surface area (Å²) in [6, 6.07) is 6.91. The maximum absolute atomic E-state index is 11.6. The van der Waals surface area contributed by atoms with E-state index in [2.05, 4.69) is 5.32 Å². The Bertz CT molecular complexity index is 583. The Kier molecular flexibility index (Phi) is 5.06. The van der Waals surface area contributed by atoms with Crippen molar-refractivity contribution >= 4 is 21.4 Å². The first-order chi connectivity index (χ1) is 9.97. The number of nitrogens with one attached hydrogen (secondary N) is 1. The number of nitrogens with two attached hydrogens (primary N) is 1. The molecule has 1 aromatic carbocycles. The van der Waals surface area contributed by atoms with E-state index in [4.69, 9.17) is 10.5 Å². The summed E-state index contributed by atoms with van der Waals surface area (Å²) < 4.78 is 28.6. The zero-order chi connectivity index (χ0) is 15.3. The molecule has 116 valence electrons. The van der Waals surface area contributed by atoms with Gasteiger partial charge in [0.1, 0.15) is 5.75 Å². The van der Waals surface area contributed by atoms with E-state index in [-0.39, 0.29) is 31.2 Å². The van der Waals surface area contributed by atoms with Gasteiger partial charge in [-0.05, 0) is 37.1 Å². The van der Waals surface area contributed by atoms with Gasteiger partial charge >= 0.3 is 0 Å². The highest BCUT2D eigenvalue weighted by atomic mass is 32.2. The largest absolute Gasteiger partial charge is 0.493 e. The summed E-state index contributed by atoms with van der Waals surface area (Å²) in [6.45, 7) is 0.441. The van der Waals surface area contributed by atoms with E-state index in [1.165, 1.54) is 0 Å². The minimum Gasteiger partial charge on any atom is -0.493 e. The fourth-order valence-electron chi connectivity index (χ4n) is 2.23. The average Bonchev–Trinajstić information content (AvgIpc) is 2.77. The van der Waals surface area contributed by atoms with Gasteiger partial charge in [0.25, 0.3) is 0 Å². The second kappa shape index (κ2) is 6.80. The number of anilines is 1. The first kappa shape index (κ1) is 15.6. The normalized spacial score (nSPS) is 20.1. The monoisotopic (exact) mass is 312 g/mol. The molecule has 0 aromatic heterocycles. The summed E-state index contributed by atoms with van der Waals surface area (Å²) in [5.74, 6) is 0.677. The summed E-state index contributed by atoms with van der Waals surface area (Å²) >= 11 is 0. The van der Waals surface area contributed by atoms with Crippen molar-refractivity contribution in [2.24, 2.45) is 0 Å². The van der Waals surface area contributed by atoms with Crippen molar-refractivity contribution in [1.82, 2.24) is 5.32 Å². The molecule has 21 heavy (non-hydrogen) atoms. The van der Waals surface area contributed by atoms with E-state index < -0.39 is 15.1 Å². The lowest BCUT2D eigenvalue weighted by Crippen LogP contribution is -2.35. The molecule has 1 aliphatic rings. The Morgan fingerprint density at radius 3 is 2.67 bits per heavy atom. The van der Waals surface area contributed by atoms with E-state index in [1.54, 1.807) is 24.3 Å². The third-order valence-electron chi connectivity index (χ3n) is 3.47. The zero-order valence-corrected chi connectivity index (χ0v) is 12.6. The highest BCUT2D eigenvalue weighted by molar-refractivity contribution is 7.92. The lowest BCUT2D eigenvalue weighted by atomic mass is 10.2. The van der Waals surface area contributed by atoms with Crippen molar-refractivity contribution in [2.75, 3.05) is 24.6 Å². The molecule has 1 fully saturated rings. The molecular weight excluding hydrogens is 292 g/mol. The van der Waals surface area contributed by atoms with Crippen LogP contribution >= 0.6 is 0 Å². The number of nitrogen functional groups attached to an aromatic ring is 1. The van der Waals surface area contributed by atoms with Crippen LogP contribution in [0, 0.1) is 0 Å². The highest BCUT2D eigenvalue weighted by Gasteiger charge is 2.31. The maximum Gasteiger partial charge on any atom is 0.223 e. The molecule has 0 radical (unpaired) electrons. The van der Waals surface area contributed by atoms with Crippen LogP contribution in [-0.4, -0.2) is 38.5 Å². The van der Waals surface area contributed by atoms with Crippen molar-refractivity contribution in [2.45, 2.75) is 24.5 Å². The molecule has 0 aliphatic carbocycles. The molecule has 3 N–H and O–H groups in total. The van der Waals surface area contributed by atoms with Gasteiger partial charge in [0.15, 0.2) is 9.84 Å². The van der Waals surface area contributed by atoms with Gasteiger partial charge in [0, 0.05) is 12.2 Å². The van der Waals surface area contributed by atoms with Crippen LogP contribution < -0.4 is 15.8 Å². The topological polar surface area (TPSA) is 98.5 Å². The van der Waals surface area contributed by atoms with Gasteiger partial charge in [0.05, 0.1) is 24.0 Å². The highest BCUT2D eigenvalue weighted by Crippen LogP contribution is 2.19. The van der Waals surface area contributed by atoms with Gasteiger partial charge in [-0.2, -0.15) is 0 Å². The lowest BCUT2D eigenvalue weighted by Gasteiger charge is -2.11. The SMILES string of the molecule is Nc1ccc(OCCC(=O)NCC2CCCS2(=O)=O)cc1. The number of benzene rings is 1. The zero-order valence-electron chi connectivity index (χ0n) is 11.7. The predicted molar refractivity (Wildman–Crippen MR) is 80.8 cm³/mol. The third kappa shape index (κ3) is 4.63. The third-order valence-corrected chi connectivity index (χ3v) is 5.74. The number of carbonyl (C=O) groups excluding carboxylic acids is 1. The number of carbonyl (C=O) groups is 1. The quantitative estimate of drug-likeness (QED) is 0.755. The Morgan fingerprint density at radius 2 is 2.05 bits per heavy atom. The van der Waals surface area contributed by atoms with Crippen LogP contribution in [0.2, 0.25) is 0 Å². The van der Waals surface area contributed by atoms with Crippen LogP contribution in [0.5, 0.6) is 5.75 Å². The van der Waals surface area contributed by atoms with Crippen molar-refractivity contribution < 1.29 is 17.9 Å². The van der Waals surface area contributed by atoms with Crippen LogP contribution in [0.1, 0.15) is 19.3 Å². The van der Waals surface area contributed by atoms with Crippen molar-refractivity contribution in [1.29, 1.82) is 0 Å². The number of sulfone groups is 1. The lowest BCUT2D eigenvalue weighted by molar-refractivity contribution is -0.121. The molecule has 2 rings (SSSR count). The molecule has 1 aromatic rings. The van der Waals surface area contributed by atoms with E-state index in [0.29, 0.717) is 24.3 Å². The summed E-state index contributed by atoms with van der Waals surface area (Å²) in [6.07, 6.45) is 1.50. The summed E-state index contributed by atoms with van der Waals surface area (Å²) in [5.41, 5.74) is 6.21. The van der Waals surface area contributed by atoms with Crippen LogP contribution in [0.3, 0.4) is 0 Å². The van der Waals surface area contributed by atoms with E-state index >= 15 is 0 Å².